The van der Waals surface area contributed by atoms with Crippen LogP contribution in [0.25, 0.3) is 0 Å². The molecule has 3 unspecified atom stereocenters. The summed E-state index contributed by atoms with van der Waals surface area (Å²) in [4.78, 5) is 1.38. The Kier molecular flexibility index (Phi) is 7.62. The second-order valence-corrected chi connectivity index (χ2v) is 8.14. The zero-order valence-corrected chi connectivity index (χ0v) is 15.7. The van der Waals surface area contributed by atoms with E-state index in [1.165, 1.54) is 42.8 Å². The van der Waals surface area contributed by atoms with Gasteiger partial charge < -0.3 is 5.32 Å². The van der Waals surface area contributed by atoms with Crippen molar-refractivity contribution in [3.8, 4) is 0 Å². The van der Waals surface area contributed by atoms with Crippen molar-refractivity contribution in [3.63, 3.8) is 0 Å². The third-order valence-electron chi connectivity index (χ3n) is 4.68. The molecule has 0 saturated heterocycles. The zero-order valence-electron chi connectivity index (χ0n) is 13.3. The average Bonchev–Trinajstić information content (AvgIpc) is 2.53. The molecule has 0 aliphatic heterocycles. The molecule has 0 bridgehead atoms. The summed E-state index contributed by atoms with van der Waals surface area (Å²) in [5.41, 5.74) is 0. The van der Waals surface area contributed by atoms with Gasteiger partial charge in [-0.05, 0) is 55.5 Å². The first-order valence-corrected chi connectivity index (χ1v) is 10.1. The summed E-state index contributed by atoms with van der Waals surface area (Å²) in [6.07, 6.45) is 7.07. The minimum Gasteiger partial charge on any atom is -0.313 e. The van der Waals surface area contributed by atoms with E-state index < -0.39 is 0 Å². The van der Waals surface area contributed by atoms with Crippen LogP contribution >= 0.6 is 27.7 Å². The molecule has 3 heteroatoms. The van der Waals surface area contributed by atoms with Crippen LogP contribution in [0.1, 0.15) is 46.0 Å². The number of benzene rings is 1. The molecule has 0 amide bonds. The lowest BCUT2D eigenvalue weighted by Gasteiger charge is -2.34. The number of hydrogen-bond donors (Lipinski definition) is 1. The topological polar surface area (TPSA) is 12.0 Å². The van der Waals surface area contributed by atoms with Gasteiger partial charge >= 0.3 is 0 Å². The Morgan fingerprint density at radius 1 is 1.24 bits per heavy atom. The van der Waals surface area contributed by atoms with Gasteiger partial charge in [-0.25, -0.2) is 0 Å². The molecule has 1 aliphatic rings. The fourth-order valence-electron chi connectivity index (χ4n) is 3.41. The SMILES string of the molecule is CCNC(CSc1ccc(Br)cc1)C1CCCC(CC)C1. The summed E-state index contributed by atoms with van der Waals surface area (Å²) in [5, 5.41) is 3.75. The van der Waals surface area contributed by atoms with Gasteiger partial charge in [0, 0.05) is 21.2 Å². The first-order valence-electron chi connectivity index (χ1n) is 8.34. The van der Waals surface area contributed by atoms with E-state index in [1.54, 1.807) is 0 Å². The van der Waals surface area contributed by atoms with Crippen LogP contribution < -0.4 is 5.32 Å². The molecule has 2 rings (SSSR count). The Balaban J connectivity index is 1.90. The lowest BCUT2D eigenvalue weighted by molar-refractivity contribution is 0.220. The molecular formula is C18H28BrNS. The maximum Gasteiger partial charge on any atom is 0.0189 e. The molecule has 0 spiro atoms. The highest BCUT2D eigenvalue weighted by Crippen LogP contribution is 2.34. The number of nitrogens with one attached hydrogen (secondary N) is 1. The summed E-state index contributed by atoms with van der Waals surface area (Å²) < 4.78 is 1.16. The first kappa shape index (κ1) is 17.4. The van der Waals surface area contributed by atoms with Gasteiger partial charge in [-0.1, -0.05) is 49.0 Å². The predicted octanol–water partition coefficient (Wildman–Crippen LogP) is 5.74. The maximum absolute atomic E-state index is 3.75. The first-order chi connectivity index (χ1) is 10.2. The molecule has 3 atom stereocenters. The molecule has 1 nitrogen and oxygen atoms in total. The summed E-state index contributed by atoms with van der Waals surface area (Å²) in [5.74, 6) is 3.02. The normalized spacial score (nSPS) is 24.0. The van der Waals surface area contributed by atoms with Gasteiger partial charge in [-0.3, -0.25) is 0 Å². The second kappa shape index (κ2) is 9.22. The molecule has 118 valence electrons. The highest BCUT2D eigenvalue weighted by Gasteiger charge is 2.27. The Morgan fingerprint density at radius 3 is 2.67 bits per heavy atom. The fourth-order valence-corrected chi connectivity index (χ4v) is 4.76. The Hall–Kier alpha value is 0.01000. The summed E-state index contributed by atoms with van der Waals surface area (Å²) in [7, 11) is 0. The number of thioether (sulfide) groups is 1. The second-order valence-electron chi connectivity index (χ2n) is 6.13. The van der Waals surface area contributed by atoms with Crippen LogP contribution in [0, 0.1) is 11.8 Å². The minimum absolute atomic E-state index is 0.665. The highest BCUT2D eigenvalue weighted by molar-refractivity contribution is 9.10. The van der Waals surface area contributed by atoms with E-state index in [1.807, 2.05) is 11.8 Å². The van der Waals surface area contributed by atoms with Crippen LogP contribution in [0.2, 0.25) is 0 Å². The molecular weight excluding hydrogens is 342 g/mol. The van der Waals surface area contributed by atoms with Gasteiger partial charge in [0.05, 0.1) is 0 Å². The number of rotatable bonds is 7. The Bertz CT molecular complexity index is 406. The van der Waals surface area contributed by atoms with E-state index in [0.29, 0.717) is 6.04 Å². The predicted molar refractivity (Wildman–Crippen MR) is 98.1 cm³/mol. The standard InChI is InChI=1S/C18H28BrNS/c1-3-14-6-5-7-15(12-14)18(20-4-2)13-21-17-10-8-16(19)9-11-17/h8-11,14-15,18,20H,3-7,12-13H2,1-2H3. The van der Waals surface area contributed by atoms with Crippen LogP contribution in [0.15, 0.2) is 33.6 Å². The fraction of sp³-hybridized carbons (Fsp3) is 0.667. The van der Waals surface area contributed by atoms with Crippen molar-refractivity contribution in [2.75, 3.05) is 12.3 Å². The van der Waals surface area contributed by atoms with Crippen molar-refractivity contribution in [2.45, 2.75) is 56.9 Å². The zero-order chi connectivity index (χ0) is 15.1. The van der Waals surface area contributed by atoms with Gasteiger partial charge in [0.25, 0.3) is 0 Å². The van der Waals surface area contributed by atoms with Crippen molar-refractivity contribution in [2.24, 2.45) is 11.8 Å². The van der Waals surface area contributed by atoms with Crippen LogP contribution in [0.3, 0.4) is 0 Å². The third-order valence-corrected chi connectivity index (χ3v) is 6.34. The summed E-state index contributed by atoms with van der Waals surface area (Å²) >= 11 is 5.50. The molecule has 21 heavy (non-hydrogen) atoms. The van der Waals surface area contributed by atoms with Crippen LogP contribution in [-0.4, -0.2) is 18.3 Å². The molecule has 0 aromatic heterocycles. The van der Waals surface area contributed by atoms with E-state index in [0.717, 1.165) is 22.9 Å². The molecule has 0 radical (unpaired) electrons. The molecule has 1 saturated carbocycles. The van der Waals surface area contributed by atoms with Crippen LogP contribution in [-0.2, 0) is 0 Å². The molecule has 1 aromatic rings. The monoisotopic (exact) mass is 369 g/mol. The van der Waals surface area contributed by atoms with Crippen LogP contribution in [0.5, 0.6) is 0 Å². The number of halogens is 1. The third kappa shape index (κ3) is 5.61. The van der Waals surface area contributed by atoms with Crippen molar-refractivity contribution < 1.29 is 0 Å². The van der Waals surface area contributed by atoms with E-state index in [4.69, 9.17) is 0 Å². The van der Waals surface area contributed by atoms with Gasteiger partial charge in [0.1, 0.15) is 0 Å². The largest absolute Gasteiger partial charge is 0.313 e. The van der Waals surface area contributed by atoms with Crippen molar-refractivity contribution in [1.82, 2.24) is 5.32 Å². The van der Waals surface area contributed by atoms with Gasteiger partial charge in [-0.15, -0.1) is 11.8 Å². The van der Waals surface area contributed by atoms with Crippen molar-refractivity contribution in [1.29, 1.82) is 0 Å². The molecule has 1 aromatic carbocycles. The Morgan fingerprint density at radius 2 is 2.00 bits per heavy atom. The lowest BCUT2D eigenvalue weighted by Crippen LogP contribution is -2.40. The Labute approximate surface area is 142 Å². The molecule has 1 N–H and O–H groups in total. The molecule has 1 fully saturated rings. The smallest absolute Gasteiger partial charge is 0.0189 e. The summed E-state index contributed by atoms with van der Waals surface area (Å²) in [6, 6.07) is 9.37. The summed E-state index contributed by atoms with van der Waals surface area (Å²) in [6.45, 7) is 5.67. The number of hydrogen-bond acceptors (Lipinski definition) is 2. The van der Waals surface area contributed by atoms with Gasteiger partial charge in [0.2, 0.25) is 0 Å². The van der Waals surface area contributed by atoms with E-state index in [9.17, 15) is 0 Å². The van der Waals surface area contributed by atoms with E-state index >= 15 is 0 Å². The van der Waals surface area contributed by atoms with Crippen molar-refractivity contribution >= 4 is 27.7 Å². The molecule has 0 heterocycles. The van der Waals surface area contributed by atoms with E-state index in [-0.39, 0.29) is 0 Å². The highest BCUT2D eigenvalue weighted by atomic mass is 79.9. The van der Waals surface area contributed by atoms with Crippen molar-refractivity contribution in [3.05, 3.63) is 28.7 Å². The molecule has 1 aliphatic carbocycles. The maximum atomic E-state index is 3.75. The lowest BCUT2D eigenvalue weighted by atomic mass is 9.77. The minimum atomic E-state index is 0.665. The quantitative estimate of drug-likeness (QED) is 0.615. The van der Waals surface area contributed by atoms with Gasteiger partial charge in [0.15, 0.2) is 0 Å². The van der Waals surface area contributed by atoms with E-state index in [2.05, 4.69) is 59.4 Å². The van der Waals surface area contributed by atoms with Crippen LogP contribution in [0.4, 0.5) is 0 Å². The average molecular weight is 370 g/mol. The van der Waals surface area contributed by atoms with Gasteiger partial charge in [-0.2, -0.15) is 0 Å².